The topological polar surface area (TPSA) is 116 Å². The summed E-state index contributed by atoms with van der Waals surface area (Å²) in [6.45, 7) is -0.655. The normalized spacial score (nSPS) is 25.9. The lowest BCUT2D eigenvalue weighted by Gasteiger charge is -2.23. The maximum Gasteiger partial charge on any atom is 0.328 e. The van der Waals surface area contributed by atoms with Gasteiger partial charge in [0.1, 0.15) is 0 Å². The molecule has 1 rings (SSSR count). The summed E-state index contributed by atoms with van der Waals surface area (Å²) in [4.78, 5) is 22.0. The predicted octanol–water partition coefficient (Wildman–Crippen LogP) is -1.36. The molecule has 0 spiro atoms. The number of nitrogens with one attached hydrogen (secondary N) is 2. The van der Waals surface area contributed by atoms with Crippen LogP contribution in [0.3, 0.4) is 0 Å². The van der Waals surface area contributed by atoms with Gasteiger partial charge in [-0.2, -0.15) is 0 Å². The molecule has 7 nitrogen and oxygen atoms in total. The smallest absolute Gasteiger partial charge is 0.328 e. The SMILES string of the molecule is O=C(NC1CCS(=O)CC1)NC(CO)C(=O)O. The van der Waals surface area contributed by atoms with Crippen LogP contribution in [0, 0.1) is 0 Å². The standard InChI is InChI=1S/C9H16N2O5S/c12-5-7(8(13)14)11-9(15)10-6-1-3-17(16)4-2-6/h6-7,12H,1-5H2,(H,13,14)(H2,10,11,15). The molecular weight excluding hydrogens is 248 g/mol. The van der Waals surface area contributed by atoms with Gasteiger partial charge in [0.2, 0.25) is 0 Å². The number of aliphatic hydroxyl groups excluding tert-OH is 1. The number of hydrogen-bond acceptors (Lipinski definition) is 4. The van der Waals surface area contributed by atoms with E-state index in [1.165, 1.54) is 0 Å². The maximum atomic E-state index is 11.4. The Labute approximate surface area is 101 Å². The Bertz CT molecular complexity index is 313. The van der Waals surface area contributed by atoms with Crippen LogP contribution in [-0.2, 0) is 15.6 Å². The average Bonchev–Trinajstić information content (AvgIpc) is 2.28. The average molecular weight is 264 g/mol. The van der Waals surface area contributed by atoms with E-state index < -0.39 is 35.4 Å². The van der Waals surface area contributed by atoms with Crippen molar-refractivity contribution < 1.29 is 24.0 Å². The third-order valence-corrected chi connectivity index (χ3v) is 3.89. The number of amides is 2. The Balaban J connectivity index is 2.34. The van der Waals surface area contributed by atoms with E-state index in [-0.39, 0.29) is 6.04 Å². The Hall–Kier alpha value is -1.15. The van der Waals surface area contributed by atoms with Crippen molar-refractivity contribution in [3.63, 3.8) is 0 Å². The van der Waals surface area contributed by atoms with Crippen molar-refractivity contribution in [1.82, 2.24) is 10.6 Å². The quantitative estimate of drug-likeness (QED) is 0.500. The summed E-state index contributed by atoms with van der Waals surface area (Å²) in [7, 11) is -0.801. The van der Waals surface area contributed by atoms with Crippen LogP contribution in [0.15, 0.2) is 0 Å². The fraction of sp³-hybridized carbons (Fsp3) is 0.778. The van der Waals surface area contributed by atoms with E-state index in [9.17, 15) is 13.8 Å². The largest absolute Gasteiger partial charge is 0.480 e. The summed E-state index contributed by atoms with van der Waals surface area (Å²) in [5.41, 5.74) is 0. The molecule has 0 aromatic carbocycles. The molecule has 0 bridgehead atoms. The van der Waals surface area contributed by atoms with Gasteiger partial charge in [0.25, 0.3) is 0 Å². The molecule has 1 atom stereocenters. The van der Waals surface area contributed by atoms with Gasteiger partial charge in [-0.05, 0) is 12.8 Å². The van der Waals surface area contributed by atoms with E-state index in [1.807, 2.05) is 0 Å². The lowest BCUT2D eigenvalue weighted by atomic mass is 10.1. The third-order valence-electron chi connectivity index (χ3n) is 2.51. The summed E-state index contributed by atoms with van der Waals surface area (Å²) in [5.74, 6) is -0.187. The Kier molecular flexibility index (Phi) is 5.36. The van der Waals surface area contributed by atoms with Crippen LogP contribution in [0.2, 0.25) is 0 Å². The predicted molar refractivity (Wildman–Crippen MR) is 61.1 cm³/mol. The van der Waals surface area contributed by atoms with Crippen molar-refractivity contribution in [2.75, 3.05) is 18.1 Å². The molecule has 2 amide bonds. The number of carbonyl (C=O) groups excluding carboxylic acids is 1. The molecule has 1 unspecified atom stereocenters. The number of rotatable bonds is 4. The zero-order valence-electron chi connectivity index (χ0n) is 9.22. The van der Waals surface area contributed by atoms with Crippen molar-refractivity contribution in [3.05, 3.63) is 0 Å². The van der Waals surface area contributed by atoms with E-state index in [4.69, 9.17) is 10.2 Å². The van der Waals surface area contributed by atoms with Gasteiger partial charge in [-0.25, -0.2) is 9.59 Å². The minimum atomic E-state index is -1.30. The molecule has 0 aliphatic carbocycles. The highest BCUT2D eigenvalue weighted by molar-refractivity contribution is 7.85. The maximum absolute atomic E-state index is 11.4. The van der Waals surface area contributed by atoms with Crippen molar-refractivity contribution in [2.24, 2.45) is 0 Å². The first kappa shape index (κ1) is 13.9. The minimum Gasteiger partial charge on any atom is -0.480 e. The number of carboxylic acids is 1. The molecule has 1 saturated heterocycles. The van der Waals surface area contributed by atoms with Crippen molar-refractivity contribution in [2.45, 2.75) is 24.9 Å². The van der Waals surface area contributed by atoms with Crippen molar-refractivity contribution in [3.8, 4) is 0 Å². The molecule has 17 heavy (non-hydrogen) atoms. The monoisotopic (exact) mass is 264 g/mol. The van der Waals surface area contributed by atoms with Crippen molar-refractivity contribution in [1.29, 1.82) is 0 Å². The molecule has 1 aliphatic heterocycles. The number of carbonyl (C=O) groups is 2. The molecule has 8 heteroatoms. The van der Waals surface area contributed by atoms with E-state index in [0.29, 0.717) is 24.3 Å². The Morgan fingerprint density at radius 1 is 1.35 bits per heavy atom. The van der Waals surface area contributed by atoms with Crippen LogP contribution in [0.1, 0.15) is 12.8 Å². The fourth-order valence-electron chi connectivity index (χ4n) is 1.51. The van der Waals surface area contributed by atoms with Gasteiger partial charge in [-0.1, -0.05) is 0 Å². The lowest BCUT2D eigenvalue weighted by molar-refractivity contribution is -0.140. The summed E-state index contributed by atoms with van der Waals surface area (Å²) < 4.78 is 11.1. The van der Waals surface area contributed by atoms with Gasteiger partial charge in [-0.3, -0.25) is 4.21 Å². The summed E-state index contributed by atoms with van der Waals surface area (Å²) >= 11 is 0. The molecule has 1 aliphatic rings. The van der Waals surface area contributed by atoms with Gasteiger partial charge in [0, 0.05) is 28.3 Å². The molecule has 98 valence electrons. The van der Waals surface area contributed by atoms with Crippen LogP contribution in [0.5, 0.6) is 0 Å². The fourth-order valence-corrected chi connectivity index (χ4v) is 2.81. The lowest BCUT2D eigenvalue weighted by Crippen LogP contribution is -2.51. The van der Waals surface area contributed by atoms with Gasteiger partial charge < -0.3 is 20.8 Å². The molecule has 0 aromatic rings. The summed E-state index contributed by atoms with van der Waals surface area (Å²) in [5, 5.41) is 22.1. The van der Waals surface area contributed by atoms with Crippen LogP contribution < -0.4 is 10.6 Å². The second-order valence-electron chi connectivity index (χ2n) is 3.81. The number of hydrogen-bond donors (Lipinski definition) is 4. The highest BCUT2D eigenvalue weighted by Crippen LogP contribution is 2.08. The summed E-state index contributed by atoms with van der Waals surface area (Å²) in [6, 6.07) is -2.00. The second kappa shape index (κ2) is 6.55. The molecule has 0 radical (unpaired) electrons. The molecule has 1 heterocycles. The number of urea groups is 1. The number of aliphatic hydroxyl groups is 1. The third kappa shape index (κ3) is 4.70. The molecule has 0 aromatic heterocycles. The zero-order chi connectivity index (χ0) is 12.8. The Morgan fingerprint density at radius 3 is 2.41 bits per heavy atom. The molecule has 1 fully saturated rings. The Morgan fingerprint density at radius 2 is 1.94 bits per heavy atom. The highest BCUT2D eigenvalue weighted by atomic mass is 32.2. The zero-order valence-corrected chi connectivity index (χ0v) is 10.0. The van der Waals surface area contributed by atoms with E-state index in [0.717, 1.165) is 0 Å². The second-order valence-corrected chi connectivity index (χ2v) is 5.51. The van der Waals surface area contributed by atoms with Crippen LogP contribution >= 0.6 is 0 Å². The first-order valence-electron chi connectivity index (χ1n) is 5.28. The van der Waals surface area contributed by atoms with Gasteiger partial charge in [0.15, 0.2) is 6.04 Å². The highest BCUT2D eigenvalue weighted by Gasteiger charge is 2.22. The van der Waals surface area contributed by atoms with Gasteiger partial charge in [0.05, 0.1) is 6.61 Å². The molecular formula is C9H16N2O5S. The minimum absolute atomic E-state index is 0.0826. The van der Waals surface area contributed by atoms with Crippen LogP contribution in [0.25, 0.3) is 0 Å². The van der Waals surface area contributed by atoms with Crippen molar-refractivity contribution >= 4 is 22.8 Å². The van der Waals surface area contributed by atoms with Gasteiger partial charge in [-0.15, -0.1) is 0 Å². The van der Waals surface area contributed by atoms with E-state index >= 15 is 0 Å². The molecule has 4 N–H and O–H groups in total. The number of aliphatic carboxylic acids is 1. The summed E-state index contributed by atoms with van der Waals surface area (Å²) in [6.07, 6.45) is 1.24. The first-order chi connectivity index (χ1) is 8.02. The van der Waals surface area contributed by atoms with Gasteiger partial charge >= 0.3 is 12.0 Å². The molecule has 0 saturated carbocycles. The number of carboxylic acid groups (broad SMARTS) is 1. The van der Waals surface area contributed by atoms with E-state index in [1.54, 1.807) is 0 Å². The van der Waals surface area contributed by atoms with E-state index in [2.05, 4.69) is 10.6 Å². The van der Waals surface area contributed by atoms with Crippen LogP contribution in [0.4, 0.5) is 4.79 Å². The first-order valence-corrected chi connectivity index (χ1v) is 6.77. The van der Waals surface area contributed by atoms with Crippen LogP contribution in [-0.4, -0.2) is 56.6 Å².